The van der Waals surface area contributed by atoms with Crippen LogP contribution in [0.15, 0.2) is 23.8 Å². The predicted octanol–water partition coefficient (Wildman–Crippen LogP) is 3.02. The Morgan fingerprint density at radius 1 is 1.25 bits per heavy atom. The van der Waals surface area contributed by atoms with Gasteiger partial charge < -0.3 is 0 Å². The van der Waals surface area contributed by atoms with Gasteiger partial charge in [-0.05, 0) is 38.7 Å². The molecule has 0 aromatic rings. The molecule has 1 saturated carbocycles. The van der Waals surface area contributed by atoms with Gasteiger partial charge in [-0.3, -0.25) is 4.79 Å². The molecule has 0 aromatic heterocycles. The summed E-state index contributed by atoms with van der Waals surface area (Å²) in [5.41, 5.74) is 1.50. The van der Waals surface area contributed by atoms with Crippen molar-refractivity contribution in [1.29, 1.82) is 0 Å². The lowest BCUT2D eigenvalue weighted by Crippen LogP contribution is -1.92. The Morgan fingerprint density at radius 2 is 1.92 bits per heavy atom. The number of allylic oxidation sites excluding steroid dienone is 4. The van der Waals surface area contributed by atoms with Crippen LogP contribution in [0.5, 0.6) is 0 Å². The molecule has 66 valence electrons. The number of ketones is 1. The summed E-state index contributed by atoms with van der Waals surface area (Å²) in [6.45, 7) is 1.58. The summed E-state index contributed by atoms with van der Waals surface area (Å²) in [7, 11) is 0. The van der Waals surface area contributed by atoms with Crippen molar-refractivity contribution >= 4 is 5.78 Å². The maximum Gasteiger partial charge on any atom is 0.152 e. The largest absolute Gasteiger partial charge is 0.295 e. The third-order valence-corrected chi connectivity index (χ3v) is 2.16. The van der Waals surface area contributed by atoms with E-state index in [0.717, 1.165) is 0 Å². The zero-order valence-corrected chi connectivity index (χ0v) is 7.68. The van der Waals surface area contributed by atoms with Crippen LogP contribution in [-0.2, 0) is 4.79 Å². The topological polar surface area (TPSA) is 17.1 Å². The first-order valence-electron chi connectivity index (χ1n) is 4.66. The fourth-order valence-electron chi connectivity index (χ4n) is 1.49. The Kier molecular flexibility index (Phi) is 3.78. The molecular weight excluding hydrogens is 148 g/mol. The lowest BCUT2D eigenvalue weighted by molar-refractivity contribution is -0.112. The summed E-state index contributed by atoms with van der Waals surface area (Å²) in [4.78, 5) is 10.6. The predicted molar refractivity (Wildman–Crippen MR) is 51.0 cm³/mol. The summed E-state index contributed by atoms with van der Waals surface area (Å²) < 4.78 is 0. The number of hydrogen-bond acceptors (Lipinski definition) is 1. The normalized spacial score (nSPS) is 18.2. The van der Waals surface area contributed by atoms with Gasteiger partial charge in [0.2, 0.25) is 0 Å². The second kappa shape index (κ2) is 4.91. The van der Waals surface area contributed by atoms with Crippen molar-refractivity contribution in [2.75, 3.05) is 0 Å². The van der Waals surface area contributed by atoms with Gasteiger partial charge in [0.25, 0.3) is 0 Å². The van der Waals surface area contributed by atoms with Crippen LogP contribution in [0.4, 0.5) is 0 Å². The van der Waals surface area contributed by atoms with Crippen molar-refractivity contribution < 1.29 is 4.79 Å². The van der Waals surface area contributed by atoms with Crippen LogP contribution in [0.1, 0.15) is 39.0 Å². The summed E-state index contributed by atoms with van der Waals surface area (Å²) in [5, 5.41) is 0. The van der Waals surface area contributed by atoms with E-state index in [4.69, 9.17) is 0 Å². The third kappa shape index (κ3) is 3.51. The molecule has 0 heterocycles. The van der Waals surface area contributed by atoms with Crippen molar-refractivity contribution in [3.05, 3.63) is 23.8 Å². The average Bonchev–Trinajstić information content (AvgIpc) is 2.05. The van der Waals surface area contributed by atoms with E-state index in [-0.39, 0.29) is 5.78 Å². The molecule has 1 heteroatoms. The first kappa shape index (κ1) is 9.24. The van der Waals surface area contributed by atoms with Gasteiger partial charge in [-0.1, -0.05) is 24.1 Å². The fourth-order valence-corrected chi connectivity index (χ4v) is 1.49. The lowest BCUT2D eigenvalue weighted by atomic mass is 9.95. The Morgan fingerprint density at radius 3 is 2.50 bits per heavy atom. The molecular formula is C11H16O. The van der Waals surface area contributed by atoms with E-state index in [1.807, 2.05) is 6.08 Å². The highest BCUT2D eigenvalue weighted by atomic mass is 16.1. The SMILES string of the molecule is CC(=O)C=CC=C1CCCCC1. The summed E-state index contributed by atoms with van der Waals surface area (Å²) in [6.07, 6.45) is 12.1. The van der Waals surface area contributed by atoms with Crippen molar-refractivity contribution in [2.24, 2.45) is 0 Å². The monoisotopic (exact) mass is 164 g/mol. The van der Waals surface area contributed by atoms with Crippen molar-refractivity contribution in [3.8, 4) is 0 Å². The molecule has 0 unspecified atom stereocenters. The van der Waals surface area contributed by atoms with E-state index < -0.39 is 0 Å². The zero-order valence-electron chi connectivity index (χ0n) is 7.68. The second-order valence-corrected chi connectivity index (χ2v) is 3.36. The summed E-state index contributed by atoms with van der Waals surface area (Å²) in [6, 6.07) is 0. The molecule has 1 rings (SSSR count). The first-order valence-corrected chi connectivity index (χ1v) is 4.66. The molecule has 0 aliphatic heterocycles. The molecule has 0 bridgehead atoms. The Labute approximate surface area is 74.2 Å². The summed E-state index contributed by atoms with van der Waals surface area (Å²) >= 11 is 0. The van der Waals surface area contributed by atoms with E-state index in [1.54, 1.807) is 13.0 Å². The van der Waals surface area contributed by atoms with Crippen LogP contribution in [0.25, 0.3) is 0 Å². The Bertz CT molecular complexity index is 203. The molecule has 1 aliphatic rings. The van der Waals surface area contributed by atoms with E-state index in [9.17, 15) is 4.79 Å². The minimum atomic E-state index is 0.127. The number of rotatable bonds is 2. The van der Waals surface area contributed by atoms with Gasteiger partial charge in [-0.25, -0.2) is 0 Å². The number of carbonyl (C=O) groups is 1. The van der Waals surface area contributed by atoms with E-state index in [1.165, 1.54) is 37.7 Å². The van der Waals surface area contributed by atoms with Crippen molar-refractivity contribution in [1.82, 2.24) is 0 Å². The second-order valence-electron chi connectivity index (χ2n) is 3.36. The highest BCUT2D eigenvalue weighted by Gasteiger charge is 2.02. The van der Waals surface area contributed by atoms with Crippen LogP contribution in [0, 0.1) is 0 Å². The molecule has 0 saturated heterocycles. The highest BCUT2D eigenvalue weighted by molar-refractivity contribution is 5.87. The third-order valence-electron chi connectivity index (χ3n) is 2.16. The van der Waals surface area contributed by atoms with Crippen LogP contribution in [0.3, 0.4) is 0 Å². The molecule has 0 spiro atoms. The van der Waals surface area contributed by atoms with Crippen molar-refractivity contribution in [3.63, 3.8) is 0 Å². The molecule has 1 aliphatic carbocycles. The first-order chi connectivity index (χ1) is 5.79. The van der Waals surface area contributed by atoms with Gasteiger partial charge in [0.1, 0.15) is 0 Å². The molecule has 0 amide bonds. The molecule has 0 aromatic carbocycles. The minimum Gasteiger partial charge on any atom is -0.295 e. The van der Waals surface area contributed by atoms with Crippen LogP contribution < -0.4 is 0 Å². The van der Waals surface area contributed by atoms with Crippen LogP contribution in [-0.4, -0.2) is 5.78 Å². The maximum atomic E-state index is 10.6. The highest BCUT2D eigenvalue weighted by Crippen LogP contribution is 2.22. The molecule has 0 radical (unpaired) electrons. The zero-order chi connectivity index (χ0) is 8.81. The van der Waals surface area contributed by atoms with Gasteiger partial charge in [0.15, 0.2) is 5.78 Å². The van der Waals surface area contributed by atoms with Crippen molar-refractivity contribution in [2.45, 2.75) is 39.0 Å². The molecule has 1 fully saturated rings. The maximum absolute atomic E-state index is 10.6. The Balaban J connectivity index is 2.39. The number of hydrogen-bond donors (Lipinski definition) is 0. The van der Waals surface area contributed by atoms with Crippen LogP contribution >= 0.6 is 0 Å². The van der Waals surface area contributed by atoms with Gasteiger partial charge in [0, 0.05) is 0 Å². The van der Waals surface area contributed by atoms with Gasteiger partial charge >= 0.3 is 0 Å². The minimum absolute atomic E-state index is 0.127. The van der Waals surface area contributed by atoms with Gasteiger partial charge in [-0.15, -0.1) is 0 Å². The van der Waals surface area contributed by atoms with E-state index in [0.29, 0.717) is 0 Å². The van der Waals surface area contributed by atoms with Gasteiger partial charge in [0.05, 0.1) is 0 Å². The van der Waals surface area contributed by atoms with Gasteiger partial charge in [-0.2, -0.15) is 0 Å². The fraction of sp³-hybridized carbons (Fsp3) is 0.545. The van der Waals surface area contributed by atoms with Crippen LogP contribution in [0.2, 0.25) is 0 Å². The number of carbonyl (C=O) groups excluding carboxylic acids is 1. The molecule has 0 atom stereocenters. The molecule has 1 nitrogen and oxygen atoms in total. The smallest absolute Gasteiger partial charge is 0.152 e. The Hall–Kier alpha value is -0.850. The lowest BCUT2D eigenvalue weighted by Gasteiger charge is -2.11. The van der Waals surface area contributed by atoms with E-state index >= 15 is 0 Å². The molecule has 0 N–H and O–H groups in total. The standard InChI is InChI=1S/C11H16O/c1-10(12)6-5-9-11-7-3-2-4-8-11/h5-6,9H,2-4,7-8H2,1H3. The molecule has 12 heavy (non-hydrogen) atoms. The quantitative estimate of drug-likeness (QED) is 0.573. The van der Waals surface area contributed by atoms with E-state index in [2.05, 4.69) is 6.08 Å². The summed E-state index contributed by atoms with van der Waals surface area (Å²) in [5.74, 6) is 0.127. The average molecular weight is 164 g/mol.